The Kier molecular flexibility index (Phi) is 7.28. The molecule has 3 aliphatic rings. The second-order valence-electron chi connectivity index (χ2n) is 9.68. The summed E-state index contributed by atoms with van der Waals surface area (Å²) in [6.45, 7) is 4.06. The van der Waals surface area contributed by atoms with E-state index < -0.39 is 0 Å². The average Bonchev–Trinajstić information content (AvgIpc) is 3.58. The van der Waals surface area contributed by atoms with E-state index in [0.29, 0.717) is 52.5 Å². The molecule has 1 atom stereocenters. The maximum Gasteiger partial charge on any atom is 0.267 e. The molecule has 1 aromatic carbocycles. The number of nitrogens with zero attached hydrogens (tertiary/aromatic N) is 5. The Morgan fingerprint density at radius 3 is 2.59 bits per heavy atom. The zero-order chi connectivity index (χ0) is 26.9. The van der Waals surface area contributed by atoms with Crippen LogP contribution in [0.25, 0.3) is 11.7 Å². The maximum absolute atomic E-state index is 13.7. The van der Waals surface area contributed by atoms with E-state index in [0.717, 1.165) is 37.4 Å². The van der Waals surface area contributed by atoms with Gasteiger partial charge in [-0.05, 0) is 55.3 Å². The van der Waals surface area contributed by atoms with E-state index in [4.69, 9.17) is 26.7 Å². The van der Waals surface area contributed by atoms with Crippen molar-refractivity contribution in [3.05, 3.63) is 69.5 Å². The molecule has 3 saturated heterocycles. The minimum atomic E-state index is -0.211. The Labute approximate surface area is 236 Å². The maximum atomic E-state index is 13.7. The predicted molar refractivity (Wildman–Crippen MR) is 158 cm³/mol. The van der Waals surface area contributed by atoms with Crippen molar-refractivity contribution in [2.45, 2.75) is 18.9 Å². The number of ether oxygens (including phenoxy) is 2. The number of methoxy groups -OCH3 is 1. The van der Waals surface area contributed by atoms with Gasteiger partial charge in [0.05, 0.1) is 30.2 Å². The fourth-order valence-corrected chi connectivity index (χ4v) is 6.47. The van der Waals surface area contributed by atoms with Crippen LogP contribution in [0.15, 0.2) is 58.4 Å². The highest BCUT2D eigenvalue weighted by atomic mass is 32.2. The molecule has 0 bridgehead atoms. The van der Waals surface area contributed by atoms with Crippen LogP contribution in [-0.2, 0) is 9.53 Å². The normalized spacial score (nSPS) is 21.0. The van der Waals surface area contributed by atoms with Crippen molar-refractivity contribution in [1.29, 1.82) is 0 Å². The molecule has 3 fully saturated rings. The number of hydrogen-bond acceptors (Lipinski definition) is 9. The Morgan fingerprint density at radius 1 is 1.10 bits per heavy atom. The number of anilines is 2. The minimum Gasteiger partial charge on any atom is -0.497 e. The van der Waals surface area contributed by atoms with Gasteiger partial charge < -0.3 is 19.3 Å². The SMILES string of the molecule is COc1ccc(N2CCN(c3nc4ccccn4c(=O)c3/C=C3\SC(=S)N(C[C@@H]4CCCO4)C3=O)CC2)cc1. The van der Waals surface area contributed by atoms with Gasteiger partial charge in [0.25, 0.3) is 11.5 Å². The van der Waals surface area contributed by atoms with Gasteiger partial charge in [-0.2, -0.15) is 0 Å². The lowest BCUT2D eigenvalue weighted by Crippen LogP contribution is -2.47. The Morgan fingerprint density at radius 2 is 1.87 bits per heavy atom. The van der Waals surface area contributed by atoms with Crippen molar-refractivity contribution in [1.82, 2.24) is 14.3 Å². The summed E-state index contributed by atoms with van der Waals surface area (Å²) in [6, 6.07) is 13.5. The molecule has 3 aliphatic heterocycles. The third-order valence-electron chi connectivity index (χ3n) is 7.32. The van der Waals surface area contributed by atoms with E-state index >= 15 is 0 Å². The van der Waals surface area contributed by atoms with Crippen LogP contribution in [0, 0.1) is 0 Å². The van der Waals surface area contributed by atoms with E-state index in [-0.39, 0.29) is 17.6 Å². The number of benzene rings is 1. The number of fused-ring (bicyclic) bond motifs is 1. The smallest absolute Gasteiger partial charge is 0.267 e. The van der Waals surface area contributed by atoms with E-state index in [1.54, 1.807) is 30.3 Å². The molecule has 9 nitrogen and oxygen atoms in total. The zero-order valence-electron chi connectivity index (χ0n) is 21.6. The molecule has 6 rings (SSSR count). The molecule has 11 heteroatoms. The fourth-order valence-electron chi connectivity index (χ4n) is 5.21. The first-order chi connectivity index (χ1) is 19.0. The van der Waals surface area contributed by atoms with Gasteiger partial charge in [-0.15, -0.1) is 0 Å². The number of amides is 1. The van der Waals surface area contributed by atoms with Gasteiger partial charge in [-0.3, -0.25) is 18.9 Å². The number of carbonyl (C=O) groups excluding carboxylic acids is 1. The average molecular weight is 564 g/mol. The topological polar surface area (TPSA) is 79.6 Å². The van der Waals surface area contributed by atoms with Crippen LogP contribution < -0.4 is 20.1 Å². The summed E-state index contributed by atoms with van der Waals surface area (Å²) in [5.74, 6) is 1.22. The minimum absolute atomic E-state index is 0.00244. The second-order valence-corrected chi connectivity index (χ2v) is 11.4. The predicted octanol–water partition coefficient (Wildman–Crippen LogP) is 3.41. The summed E-state index contributed by atoms with van der Waals surface area (Å²) in [5, 5.41) is 0. The van der Waals surface area contributed by atoms with E-state index in [2.05, 4.69) is 21.9 Å². The monoisotopic (exact) mass is 563 g/mol. The number of hydrogen-bond donors (Lipinski definition) is 0. The number of thiocarbonyl (C=S) groups is 1. The first kappa shape index (κ1) is 25.8. The summed E-state index contributed by atoms with van der Waals surface area (Å²) < 4.78 is 13.0. The first-order valence-corrected chi connectivity index (χ1v) is 14.3. The molecule has 0 radical (unpaired) electrons. The van der Waals surface area contributed by atoms with Crippen molar-refractivity contribution in [3.63, 3.8) is 0 Å². The molecule has 0 aliphatic carbocycles. The number of piperazine rings is 1. The van der Waals surface area contributed by atoms with E-state index in [1.807, 2.05) is 24.3 Å². The van der Waals surface area contributed by atoms with Crippen molar-refractivity contribution in [2.75, 3.05) is 56.2 Å². The van der Waals surface area contributed by atoms with Crippen molar-refractivity contribution < 1.29 is 14.3 Å². The quantitative estimate of drug-likeness (QED) is 0.331. The molecular formula is C28H29N5O4S2. The van der Waals surface area contributed by atoms with Crippen LogP contribution in [0.2, 0.25) is 0 Å². The summed E-state index contributed by atoms with van der Waals surface area (Å²) >= 11 is 6.77. The van der Waals surface area contributed by atoms with Crippen LogP contribution in [0.3, 0.4) is 0 Å². The lowest BCUT2D eigenvalue weighted by molar-refractivity contribution is -0.123. The van der Waals surface area contributed by atoms with Gasteiger partial charge in [-0.1, -0.05) is 30.0 Å². The third kappa shape index (κ3) is 5.13. The molecule has 2 aromatic heterocycles. The van der Waals surface area contributed by atoms with Crippen molar-refractivity contribution >= 4 is 57.4 Å². The molecule has 0 N–H and O–H groups in total. The van der Waals surface area contributed by atoms with Crippen molar-refractivity contribution in [2.24, 2.45) is 0 Å². The molecular weight excluding hydrogens is 534 g/mol. The number of carbonyl (C=O) groups is 1. The number of aromatic nitrogens is 2. The van der Waals surface area contributed by atoms with Gasteiger partial charge in [0.2, 0.25) is 0 Å². The van der Waals surface area contributed by atoms with Crippen LogP contribution >= 0.6 is 24.0 Å². The zero-order valence-corrected chi connectivity index (χ0v) is 23.2. The van der Waals surface area contributed by atoms with E-state index in [1.165, 1.54) is 16.2 Å². The van der Waals surface area contributed by atoms with Crippen LogP contribution in [0.4, 0.5) is 11.5 Å². The number of rotatable bonds is 6. The van der Waals surface area contributed by atoms with E-state index in [9.17, 15) is 9.59 Å². The molecule has 0 saturated carbocycles. The highest BCUT2D eigenvalue weighted by Gasteiger charge is 2.35. The molecule has 0 unspecified atom stereocenters. The second kappa shape index (κ2) is 11.0. The van der Waals surface area contributed by atoms with Gasteiger partial charge >= 0.3 is 0 Å². The third-order valence-corrected chi connectivity index (χ3v) is 8.70. The summed E-state index contributed by atoms with van der Waals surface area (Å²) in [4.78, 5) is 38.4. The van der Waals surface area contributed by atoms with Crippen molar-refractivity contribution in [3.8, 4) is 5.75 Å². The number of pyridine rings is 1. The molecule has 0 spiro atoms. The lowest BCUT2D eigenvalue weighted by Gasteiger charge is -2.37. The van der Waals surface area contributed by atoms with Crippen LogP contribution in [0.1, 0.15) is 18.4 Å². The largest absolute Gasteiger partial charge is 0.497 e. The van der Waals surface area contributed by atoms with Gasteiger partial charge in [0, 0.05) is 44.7 Å². The van der Waals surface area contributed by atoms with Gasteiger partial charge in [0.1, 0.15) is 21.5 Å². The van der Waals surface area contributed by atoms with Gasteiger partial charge in [-0.25, -0.2) is 4.98 Å². The summed E-state index contributed by atoms with van der Waals surface area (Å²) in [6.07, 6.45) is 5.28. The molecule has 5 heterocycles. The summed E-state index contributed by atoms with van der Waals surface area (Å²) in [5.41, 5.74) is 1.88. The fraction of sp³-hybridized carbons (Fsp3) is 0.357. The standard InChI is InChI=1S/C28H29N5O4S2/c1-36-20-9-7-19(8-10-20)30-12-14-31(15-13-30)25-22(26(34)32-11-3-2-6-24(32)29-25)17-23-27(35)33(28(38)39-23)18-21-5-4-16-37-21/h2-3,6-11,17,21H,4-5,12-16,18H2,1H3/b23-17-/t21-/m0/s1. The highest BCUT2D eigenvalue weighted by Crippen LogP contribution is 2.34. The van der Waals surface area contributed by atoms with Gasteiger partial charge in [0.15, 0.2) is 0 Å². The Bertz CT molecular complexity index is 1490. The Hall–Kier alpha value is -3.41. The molecule has 1 amide bonds. The highest BCUT2D eigenvalue weighted by molar-refractivity contribution is 8.26. The van der Waals surface area contributed by atoms with Crippen LogP contribution in [-0.4, -0.2) is 77.1 Å². The van der Waals surface area contributed by atoms with Crippen LogP contribution in [0.5, 0.6) is 5.75 Å². The molecule has 202 valence electrons. The summed E-state index contributed by atoms with van der Waals surface area (Å²) in [7, 11) is 1.66. The Balaban J connectivity index is 1.30. The number of thioether (sulfide) groups is 1. The molecule has 3 aromatic rings. The lowest BCUT2D eigenvalue weighted by atomic mass is 10.2. The first-order valence-electron chi connectivity index (χ1n) is 13.0. The molecule has 39 heavy (non-hydrogen) atoms.